The van der Waals surface area contributed by atoms with E-state index in [9.17, 15) is 0 Å². The molecular formula is C23H30N2O2. The van der Waals surface area contributed by atoms with Crippen molar-refractivity contribution in [2.24, 2.45) is 0 Å². The molecular weight excluding hydrogens is 336 g/mol. The molecule has 0 spiro atoms. The molecule has 2 saturated heterocycles. The van der Waals surface area contributed by atoms with E-state index in [1.807, 2.05) is 0 Å². The Morgan fingerprint density at radius 2 is 1.78 bits per heavy atom. The molecule has 1 unspecified atom stereocenters. The number of benzene rings is 2. The lowest BCUT2D eigenvalue weighted by molar-refractivity contribution is -0.0431. The Hall–Kier alpha value is -1.88. The summed E-state index contributed by atoms with van der Waals surface area (Å²) in [6.45, 7) is 5.85. The topological polar surface area (TPSA) is 24.9 Å². The smallest absolute Gasteiger partial charge is 0.129 e. The Labute approximate surface area is 162 Å². The van der Waals surface area contributed by atoms with Crippen LogP contribution in [0.4, 0.5) is 5.69 Å². The van der Waals surface area contributed by atoms with Crippen LogP contribution in [0.5, 0.6) is 0 Å². The Bertz CT molecular complexity index is 713. The van der Waals surface area contributed by atoms with Gasteiger partial charge in [-0.2, -0.15) is 0 Å². The highest BCUT2D eigenvalue weighted by Gasteiger charge is 2.26. The molecule has 0 saturated carbocycles. The first-order valence-electron chi connectivity index (χ1n) is 10.1. The van der Waals surface area contributed by atoms with Gasteiger partial charge in [-0.3, -0.25) is 4.90 Å². The van der Waals surface area contributed by atoms with Crippen LogP contribution in [-0.2, 0) is 9.47 Å². The molecule has 2 aliphatic rings. The largest absolute Gasteiger partial charge is 0.371 e. The fraction of sp³-hybridized carbons (Fsp3) is 0.478. The van der Waals surface area contributed by atoms with Gasteiger partial charge in [-0.05, 0) is 43.0 Å². The Kier molecular flexibility index (Phi) is 5.77. The normalized spacial score (nSPS) is 24.7. The number of nitrogens with zero attached hydrogens (tertiary/aromatic N) is 2. The van der Waals surface area contributed by atoms with Gasteiger partial charge >= 0.3 is 0 Å². The highest BCUT2D eigenvalue weighted by atomic mass is 16.5. The average Bonchev–Trinajstić information content (AvgIpc) is 3.28. The zero-order chi connectivity index (χ0) is 18.6. The van der Waals surface area contributed by atoms with Crippen molar-refractivity contribution in [3.05, 3.63) is 65.7 Å². The zero-order valence-corrected chi connectivity index (χ0v) is 16.4. The molecule has 0 aliphatic carbocycles. The van der Waals surface area contributed by atoms with Crippen molar-refractivity contribution in [1.29, 1.82) is 0 Å². The van der Waals surface area contributed by atoms with Crippen LogP contribution in [0.1, 0.15) is 43.0 Å². The van der Waals surface area contributed by atoms with Crippen LogP contribution in [0.15, 0.2) is 54.6 Å². The maximum absolute atomic E-state index is 6.10. The van der Waals surface area contributed by atoms with Crippen molar-refractivity contribution < 1.29 is 9.47 Å². The van der Waals surface area contributed by atoms with Crippen LogP contribution >= 0.6 is 0 Å². The van der Waals surface area contributed by atoms with Gasteiger partial charge < -0.3 is 14.4 Å². The van der Waals surface area contributed by atoms with Gasteiger partial charge in [0.15, 0.2) is 0 Å². The summed E-state index contributed by atoms with van der Waals surface area (Å²) < 4.78 is 11.9. The molecule has 0 radical (unpaired) electrons. The Balaban J connectivity index is 1.42. The predicted octanol–water partition coefficient (Wildman–Crippen LogP) is 4.39. The van der Waals surface area contributed by atoms with E-state index in [4.69, 9.17) is 9.47 Å². The molecule has 3 atom stereocenters. The van der Waals surface area contributed by atoms with Gasteiger partial charge in [0, 0.05) is 38.5 Å². The quantitative estimate of drug-likeness (QED) is 0.783. The number of hydrogen-bond acceptors (Lipinski definition) is 4. The minimum absolute atomic E-state index is 0.131. The SMILES string of the molecule is C[C@H](c1ccccc1)N1CCO[C@@H](c2ccc(N(C)C3CCCO3)cc2)C1. The average molecular weight is 367 g/mol. The summed E-state index contributed by atoms with van der Waals surface area (Å²) in [5.74, 6) is 0. The summed E-state index contributed by atoms with van der Waals surface area (Å²) in [6.07, 6.45) is 2.60. The molecule has 2 aromatic rings. The minimum Gasteiger partial charge on any atom is -0.371 e. The van der Waals surface area contributed by atoms with Crippen molar-refractivity contribution in [1.82, 2.24) is 4.90 Å². The molecule has 144 valence electrons. The predicted molar refractivity (Wildman–Crippen MR) is 109 cm³/mol. The zero-order valence-electron chi connectivity index (χ0n) is 16.4. The van der Waals surface area contributed by atoms with E-state index in [1.165, 1.54) is 16.8 Å². The summed E-state index contributed by atoms with van der Waals surface area (Å²) in [6, 6.07) is 20.0. The molecule has 2 aromatic carbocycles. The second kappa shape index (κ2) is 8.42. The molecule has 4 heteroatoms. The molecule has 4 nitrogen and oxygen atoms in total. The fourth-order valence-corrected chi connectivity index (χ4v) is 4.12. The highest BCUT2D eigenvalue weighted by Crippen LogP contribution is 2.30. The molecule has 2 heterocycles. The van der Waals surface area contributed by atoms with Crippen LogP contribution in [0.3, 0.4) is 0 Å². The van der Waals surface area contributed by atoms with Gasteiger partial charge in [0.25, 0.3) is 0 Å². The fourth-order valence-electron chi connectivity index (χ4n) is 4.12. The second-order valence-electron chi connectivity index (χ2n) is 7.61. The molecule has 0 aromatic heterocycles. The third kappa shape index (κ3) is 4.18. The van der Waals surface area contributed by atoms with Gasteiger partial charge in [0.2, 0.25) is 0 Å². The van der Waals surface area contributed by atoms with Gasteiger partial charge in [0.05, 0.1) is 12.7 Å². The van der Waals surface area contributed by atoms with E-state index in [2.05, 4.69) is 78.4 Å². The van der Waals surface area contributed by atoms with Crippen molar-refractivity contribution in [3.8, 4) is 0 Å². The summed E-state index contributed by atoms with van der Waals surface area (Å²) in [4.78, 5) is 4.76. The number of anilines is 1. The van der Waals surface area contributed by atoms with Crippen molar-refractivity contribution in [3.63, 3.8) is 0 Å². The van der Waals surface area contributed by atoms with Crippen LogP contribution in [0.2, 0.25) is 0 Å². The third-order valence-corrected chi connectivity index (χ3v) is 5.94. The van der Waals surface area contributed by atoms with Crippen LogP contribution < -0.4 is 4.90 Å². The van der Waals surface area contributed by atoms with Crippen LogP contribution in [-0.4, -0.2) is 44.5 Å². The molecule has 0 amide bonds. The highest BCUT2D eigenvalue weighted by molar-refractivity contribution is 5.48. The molecule has 2 fully saturated rings. The Morgan fingerprint density at radius 3 is 2.48 bits per heavy atom. The minimum atomic E-state index is 0.131. The van der Waals surface area contributed by atoms with Crippen molar-refractivity contribution >= 4 is 5.69 Å². The summed E-state index contributed by atoms with van der Waals surface area (Å²) in [7, 11) is 2.12. The second-order valence-corrected chi connectivity index (χ2v) is 7.61. The van der Waals surface area contributed by atoms with E-state index in [0.717, 1.165) is 39.1 Å². The first-order valence-corrected chi connectivity index (χ1v) is 10.1. The van der Waals surface area contributed by atoms with Gasteiger partial charge in [-0.1, -0.05) is 42.5 Å². The first-order chi connectivity index (χ1) is 13.2. The van der Waals surface area contributed by atoms with Crippen LogP contribution in [0.25, 0.3) is 0 Å². The lowest BCUT2D eigenvalue weighted by Crippen LogP contribution is -2.39. The van der Waals surface area contributed by atoms with Gasteiger partial charge in [0.1, 0.15) is 6.23 Å². The van der Waals surface area contributed by atoms with Crippen molar-refractivity contribution in [2.75, 3.05) is 38.3 Å². The molecule has 0 N–H and O–H groups in total. The van der Waals surface area contributed by atoms with E-state index in [1.54, 1.807) is 0 Å². The number of rotatable bonds is 5. The summed E-state index contributed by atoms with van der Waals surface area (Å²) in [5, 5.41) is 0. The number of morpholine rings is 1. The lowest BCUT2D eigenvalue weighted by atomic mass is 10.0. The van der Waals surface area contributed by atoms with Crippen molar-refractivity contribution in [2.45, 2.75) is 38.1 Å². The van der Waals surface area contributed by atoms with E-state index < -0.39 is 0 Å². The van der Waals surface area contributed by atoms with Gasteiger partial charge in [-0.25, -0.2) is 0 Å². The van der Waals surface area contributed by atoms with Gasteiger partial charge in [-0.15, -0.1) is 0 Å². The maximum Gasteiger partial charge on any atom is 0.129 e. The summed E-state index contributed by atoms with van der Waals surface area (Å²) in [5.41, 5.74) is 3.83. The third-order valence-electron chi connectivity index (χ3n) is 5.94. The number of ether oxygens (including phenoxy) is 2. The lowest BCUT2D eigenvalue weighted by Gasteiger charge is -2.37. The summed E-state index contributed by atoms with van der Waals surface area (Å²) >= 11 is 0. The molecule has 27 heavy (non-hydrogen) atoms. The van der Waals surface area contributed by atoms with Crippen LogP contribution in [0, 0.1) is 0 Å². The van der Waals surface area contributed by atoms with E-state index in [-0.39, 0.29) is 12.3 Å². The Morgan fingerprint density at radius 1 is 1.00 bits per heavy atom. The standard InChI is InChI=1S/C23H30N2O2/c1-18(19-7-4-3-5-8-19)25-14-16-26-22(17-25)20-10-12-21(13-11-20)24(2)23-9-6-15-27-23/h3-5,7-8,10-13,18,22-23H,6,9,14-17H2,1-2H3/t18-,22-,23?/m1/s1. The molecule has 2 aliphatic heterocycles. The van der Waals surface area contributed by atoms with E-state index >= 15 is 0 Å². The maximum atomic E-state index is 6.10. The first kappa shape index (κ1) is 18.5. The molecule has 4 rings (SSSR count). The number of hydrogen-bond donors (Lipinski definition) is 0. The molecule has 0 bridgehead atoms. The van der Waals surface area contributed by atoms with E-state index in [0.29, 0.717) is 6.04 Å². The monoisotopic (exact) mass is 366 g/mol.